The summed E-state index contributed by atoms with van der Waals surface area (Å²) in [5, 5.41) is 9.27. The molecular weight excluding hydrogens is 372 g/mol. The van der Waals surface area contributed by atoms with Gasteiger partial charge in [-0.05, 0) is 31.9 Å². The molecule has 1 amide bonds. The van der Waals surface area contributed by atoms with Crippen LogP contribution in [0.5, 0.6) is 0 Å². The Morgan fingerprint density at radius 3 is 2.79 bits per heavy atom. The van der Waals surface area contributed by atoms with Crippen LogP contribution in [0.2, 0.25) is 0 Å². The van der Waals surface area contributed by atoms with Crippen molar-refractivity contribution in [1.82, 2.24) is 19.7 Å². The highest BCUT2D eigenvalue weighted by Gasteiger charge is 2.33. The van der Waals surface area contributed by atoms with E-state index >= 15 is 0 Å². The van der Waals surface area contributed by atoms with Crippen molar-refractivity contribution in [2.45, 2.75) is 38.3 Å². The Hall–Kier alpha value is -3.00. The standard InChI is InChI=1S/C21H22N4O4/c1-13-11-24(12-19-22-23-20(25(13)19)14-6-8-28-9-7-14)21(27)18-10-16(26)15-4-2-3-5-17(15)29-18/h2-5,10,13-14H,6-9,11-12H2,1H3/t13-/m0/s1. The lowest BCUT2D eigenvalue weighted by molar-refractivity contribution is 0.0639. The fourth-order valence-electron chi connectivity index (χ4n) is 4.32. The molecule has 0 N–H and O–H groups in total. The lowest BCUT2D eigenvalue weighted by Crippen LogP contribution is -2.41. The van der Waals surface area contributed by atoms with Crippen LogP contribution in [0, 0.1) is 0 Å². The molecule has 29 heavy (non-hydrogen) atoms. The average molecular weight is 394 g/mol. The van der Waals surface area contributed by atoms with Gasteiger partial charge in [-0.2, -0.15) is 0 Å². The number of amides is 1. The molecule has 8 heteroatoms. The molecule has 0 radical (unpaired) electrons. The molecule has 3 aromatic rings. The summed E-state index contributed by atoms with van der Waals surface area (Å²) >= 11 is 0. The van der Waals surface area contributed by atoms with E-state index in [1.54, 1.807) is 29.2 Å². The van der Waals surface area contributed by atoms with Crippen LogP contribution in [0.4, 0.5) is 0 Å². The van der Waals surface area contributed by atoms with Crippen molar-refractivity contribution in [3.63, 3.8) is 0 Å². The number of nitrogens with zero attached hydrogens (tertiary/aromatic N) is 4. The fourth-order valence-corrected chi connectivity index (χ4v) is 4.32. The van der Waals surface area contributed by atoms with Gasteiger partial charge in [-0.25, -0.2) is 0 Å². The van der Waals surface area contributed by atoms with Gasteiger partial charge >= 0.3 is 0 Å². The van der Waals surface area contributed by atoms with Crippen LogP contribution >= 0.6 is 0 Å². The predicted molar refractivity (Wildman–Crippen MR) is 105 cm³/mol. The molecule has 0 aliphatic carbocycles. The van der Waals surface area contributed by atoms with Crippen molar-refractivity contribution in [2.24, 2.45) is 0 Å². The van der Waals surface area contributed by atoms with E-state index < -0.39 is 0 Å². The average Bonchev–Trinajstić information content (AvgIpc) is 3.18. The third-order valence-corrected chi connectivity index (χ3v) is 5.77. The molecule has 5 rings (SSSR count). The molecule has 0 unspecified atom stereocenters. The maximum Gasteiger partial charge on any atom is 0.290 e. The van der Waals surface area contributed by atoms with Crippen LogP contribution in [-0.4, -0.2) is 45.3 Å². The number of carbonyl (C=O) groups is 1. The molecule has 1 fully saturated rings. The Balaban J connectivity index is 1.43. The summed E-state index contributed by atoms with van der Waals surface area (Å²) in [5.74, 6) is 1.84. The van der Waals surface area contributed by atoms with Gasteiger partial charge in [-0.3, -0.25) is 9.59 Å². The zero-order chi connectivity index (χ0) is 20.0. The van der Waals surface area contributed by atoms with Gasteiger partial charge in [0.15, 0.2) is 17.0 Å². The van der Waals surface area contributed by atoms with Crippen molar-refractivity contribution >= 4 is 16.9 Å². The SMILES string of the molecule is C[C@H]1CN(C(=O)c2cc(=O)c3ccccc3o2)Cc2nnc(C3CCOCC3)n21. The maximum absolute atomic E-state index is 13.1. The van der Waals surface area contributed by atoms with Gasteiger partial charge in [0.25, 0.3) is 5.91 Å². The minimum absolute atomic E-state index is 0.0442. The molecular formula is C21H22N4O4. The van der Waals surface area contributed by atoms with Gasteiger partial charge in [0.2, 0.25) is 0 Å². The molecule has 2 aliphatic rings. The molecule has 4 heterocycles. The smallest absolute Gasteiger partial charge is 0.290 e. The number of para-hydroxylation sites is 1. The summed E-state index contributed by atoms with van der Waals surface area (Å²) in [4.78, 5) is 27.1. The van der Waals surface area contributed by atoms with Crippen LogP contribution in [-0.2, 0) is 11.3 Å². The van der Waals surface area contributed by atoms with E-state index in [9.17, 15) is 9.59 Å². The van der Waals surface area contributed by atoms with Crippen LogP contribution in [0.25, 0.3) is 11.0 Å². The highest BCUT2D eigenvalue weighted by molar-refractivity contribution is 5.93. The molecule has 2 aliphatic heterocycles. The Morgan fingerprint density at radius 2 is 1.97 bits per heavy atom. The molecule has 0 saturated carbocycles. The van der Waals surface area contributed by atoms with E-state index in [1.807, 2.05) is 0 Å². The minimum atomic E-state index is -0.304. The highest BCUT2D eigenvalue weighted by atomic mass is 16.5. The third kappa shape index (κ3) is 3.13. The number of hydrogen-bond acceptors (Lipinski definition) is 6. The van der Waals surface area contributed by atoms with Gasteiger partial charge in [0.05, 0.1) is 18.0 Å². The number of ether oxygens (including phenoxy) is 1. The van der Waals surface area contributed by atoms with Gasteiger partial charge < -0.3 is 18.6 Å². The first-order valence-electron chi connectivity index (χ1n) is 9.95. The second-order valence-corrected chi connectivity index (χ2v) is 7.74. The van der Waals surface area contributed by atoms with Crippen molar-refractivity contribution in [1.29, 1.82) is 0 Å². The van der Waals surface area contributed by atoms with Crippen LogP contribution < -0.4 is 5.43 Å². The third-order valence-electron chi connectivity index (χ3n) is 5.77. The normalized spacial score (nSPS) is 20.0. The molecule has 8 nitrogen and oxygen atoms in total. The zero-order valence-corrected chi connectivity index (χ0v) is 16.2. The Labute approximate surface area is 167 Å². The Bertz CT molecular complexity index is 1130. The van der Waals surface area contributed by atoms with Crippen molar-refractivity contribution < 1.29 is 13.9 Å². The number of hydrogen-bond donors (Lipinski definition) is 0. The van der Waals surface area contributed by atoms with E-state index in [2.05, 4.69) is 21.7 Å². The number of fused-ring (bicyclic) bond motifs is 2. The van der Waals surface area contributed by atoms with E-state index in [0.717, 1.165) is 37.7 Å². The summed E-state index contributed by atoms with van der Waals surface area (Å²) in [5.41, 5.74) is 0.198. The van der Waals surface area contributed by atoms with Gasteiger partial charge in [0.1, 0.15) is 11.4 Å². The first-order chi connectivity index (χ1) is 14.1. The number of rotatable bonds is 2. The number of carbonyl (C=O) groups excluding carboxylic acids is 1. The first kappa shape index (κ1) is 18.1. The van der Waals surface area contributed by atoms with Crippen LogP contribution in [0.1, 0.15) is 53.9 Å². The minimum Gasteiger partial charge on any atom is -0.451 e. The zero-order valence-electron chi connectivity index (χ0n) is 16.2. The van der Waals surface area contributed by atoms with E-state index in [1.165, 1.54) is 6.07 Å². The van der Waals surface area contributed by atoms with Crippen LogP contribution in [0.15, 0.2) is 39.5 Å². The van der Waals surface area contributed by atoms with Crippen molar-refractivity contribution in [2.75, 3.05) is 19.8 Å². The van der Waals surface area contributed by atoms with E-state index in [4.69, 9.17) is 9.15 Å². The van der Waals surface area contributed by atoms with Crippen LogP contribution in [0.3, 0.4) is 0 Å². The monoisotopic (exact) mass is 394 g/mol. The maximum atomic E-state index is 13.1. The summed E-state index contributed by atoms with van der Waals surface area (Å²) < 4.78 is 13.4. The molecule has 150 valence electrons. The summed E-state index contributed by atoms with van der Waals surface area (Å²) in [6.07, 6.45) is 1.88. The van der Waals surface area contributed by atoms with Gasteiger partial charge in [-0.1, -0.05) is 12.1 Å². The quantitative estimate of drug-likeness (QED) is 0.663. The molecule has 0 bridgehead atoms. The summed E-state index contributed by atoms with van der Waals surface area (Å²) in [6, 6.07) is 8.27. The molecule has 1 saturated heterocycles. The second kappa shape index (κ2) is 7.11. The van der Waals surface area contributed by atoms with Gasteiger partial charge in [-0.15, -0.1) is 10.2 Å². The number of aromatic nitrogens is 3. The summed E-state index contributed by atoms with van der Waals surface area (Å²) in [6.45, 7) is 4.40. The van der Waals surface area contributed by atoms with Gasteiger partial charge in [0, 0.05) is 31.7 Å². The fraction of sp³-hybridized carbons (Fsp3) is 0.429. The molecule has 0 spiro atoms. The molecule has 2 aromatic heterocycles. The summed E-state index contributed by atoms with van der Waals surface area (Å²) in [7, 11) is 0. The number of benzene rings is 1. The lowest BCUT2D eigenvalue weighted by Gasteiger charge is -2.33. The lowest BCUT2D eigenvalue weighted by atomic mass is 9.99. The molecule has 1 atom stereocenters. The first-order valence-corrected chi connectivity index (χ1v) is 9.95. The highest BCUT2D eigenvalue weighted by Crippen LogP contribution is 2.31. The van der Waals surface area contributed by atoms with Crippen molar-refractivity contribution in [3.05, 3.63) is 58.0 Å². The Kier molecular flexibility index (Phi) is 4.43. The molecule has 1 aromatic carbocycles. The largest absolute Gasteiger partial charge is 0.451 e. The van der Waals surface area contributed by atoms with E-state index in [0.29, 0.717) is 30.0 Å². The van der Waals surface area contributed by atoms with Crippen molar-refractivity contribution in [3.8, 4) is 0 Å². The topological polar surface area (TPSA) is 90.5 Å². The second-order valence-electron chi connectivity index (χ2n) is 7.74. The Morgan fingerprint density at radius 1 is 1.17 bits per heavy atom. The predicted octanol–water partition coefficient (Wildman–Crippen LogP) is 2.50. The van der Waals surface area contributed by atoms with E-state index in [-0.39, 0.29) is 23.1 Å².